The first-order valence-corrected chi connectivity index (χ1v) is 6.85. The Morgan fingerprint density at radius 2 is 2.10 bits per heavy atom. The van der Waals surface area contributed by atoms with E-state index in [9.17, 15) is 4.79 Å². The maximum Gasteiger partial charge on any atom is 0.262 e. The Labute approximate surface area is 119 Å². The van der Waals surface area contributed by atoms with Gasteiger partial charge in [-0.05, 0) is 6.92 Å². The van der Waals surface area contributed by atoms with Gasteiger partial charge < -0.3 is 4.52 Å². The molecule has 5 nitrogen and oxygen atoms in total. The number of hydrogen-bond acceptors (Lipinski definition) is 5. The van der Waals surface area contributed by atoms with Crippen LogP contribution >= 0.6 is 11.3 Å². The average molecular weight is 285 g/mol. The van der Waals surface area contributed by atoms with Gasteiger partial charge in [0.2, 0.25) is 0 Å². The van der Waals surface area contributed by atoms with E-state index in [1.807, 2.05) is 35.7 Å². The van der Waals surface area contributed by atoms with Crippen LogP contribution in [0.25, 0.3) is 11.3 Å². The molecule has 100 valence electrons. The highest BCUT2D eigenvalue weighted by atomic mass is 32.1. The summed E-state index contributed by atoms with van der Waals surface area (Å²) in [5.41, 5.74) is 2.28. The van der Waals surface area contributed by atoms with E-state index in [-0.39, 0.29) is 5.91 Å². The molecule has 1 N–H and O–H groups in total. The Bertz CT molecular complexity index is 734. The zero-order valence-corrected chi connectivity index (χ0v) is 11.5. The quantitative estimate of drug-likeness (QED) is 0.801. The lowest BCUT2D eigenvalue weighted by atomic mass is 10.2. The fourth-order valence-corrected chi connectivity index (χ4v) is 2.47. The van der Waals surface area contributed by atoms with Gasteiger partial charge in [-0.25, -0.2) is 4.98 Å². The Balaban J connectivity index is 1.78. The van der Waals surface area contributed by atoms with Crippen LogP contribution < -0.4 is 5.32 Å². The summed E-state index contributed by atoms with van der Waals surface area (Å²) in [6.07, 6.45) is 1.40. The van der Waals surface area contributed by atoms with Gasteiger partial charge in [0, 0.05) is 10.9 Å². The van der Waals surface area contributed by atoms with E-state index in [4.69, 9.17) is 4.52 Å². The van der Waals surface area contributed by atoms with E-state index in [0.717, 1.165) is 11.3 Å². The van der Waals surface area contributed by atoms with Crippen molar-refractivity contribution in [1.29, 1.82) is 0 Å². The van der Waals surface area contributed by atoms with Crippen LogP contribution in [0.15, 0.2) is 46.4 Å². The molecule has 0 aliphatic rings. The van der Waals surface area contributed by atoms with Gasteiger partial charge in [0.15, 0.2) is 5.13 Å². The molecule has 0 aliphatic carbocycles. The van der Waals surface area contributed by atoms with Gasteiger partial charge in [-0.1, -0.05) is 35.5 Å². The minimum absolute atomic E-state index is 0.266. The number of carbonyl (C=O) groups excluding carboxylic acids is 1. The standard InChI is InChI=1S/C14H11N3O2S/c1-9-11(7-15-19-9)13(18)17-14-16-12(8-20-14)10-5-3-2-4-6-10/h2-8H,1H3,(H,16,17,18). The van der Waals surface area contributed by atoms with Gasteiger partial charge in [0.25, 0.3) is 5.91 Å². The second kappa shape index (κ2) is 5.26. The van der Waals surface area contributed by atoms with Crippen molar-refractivity contribution in [2.75, 3.05) is 5.32 Å². The predicted molar refractivity (Wildman–Crippen MR) is 76.7 cm³/mol. The molecule has 0 saturated heterocycles. The van der Waals surface area contributed by atoms with Crippen molar-refractivity contribution in [2.24, 2.45) is 0 Å². The molecule has 6 heteroatoms. The number of aromatic nitrogens is 2. The van der Waals surface area contributed by atoms with E-state index >= 15 is 0 Å². The minimum Gasteiger partial charge on any atom is -0.361 e. The number of rotatable bonds is 3. The van der Waals surface area contributed by atoms with Crippen LogP contribution in [0, 0.1) is 6.92 Å². The topological polar surface area (TPSA) is 68.0 Å². The summed E-state index contributed by atoms with van der Waals surface area (Å²) >= 11 is 1.38. The maximum absolute atomic E-state index is 12.0. The zero-order chi connectivity index (χ0) is 13.9. The molecule has 2 heterocycles. The molecule has 0 spiro atoms. The first kappa shape index (κ1) is 12.6. The maximum atomic E-state index is 12.0. The van der Waals surface area contributed by atoms with Gasteiger partial charge >= 0.3 is 0 Å². The van der Waals surface area contributed by atoms with Crippen molar-refractivity contribution >= 4 is 22.4 Å². The number of aryl methyl sites for hydroxylation is 1. The normalized spacial score (nSPS) is 10.4. The van der Waals surface area contributed by atoms with Gasteiger partial charge in [0.05, 0.1) is 11.9 Å². The highest BCUT2D eigenvalue weighted by molar-refractivity contribution is 7.14. The molecule has 2 aromatic heterocycles. The molecule has 3 rings (SSSR count). The van der Waals surface area contributed by atoms with Crippen LogP contribution in [-0.2, 0) is 0 Å². The van der Waals surface area contributed by atoms with Crippen LogP contribution in [0.1, 0.15) is 16.1 Å². The van der Waals surface area contributed by atoms with E-state index in [0.29, 0.717) is 16.5 Å². The van der Waals surface area contributed by atoms with Gasteiger partial charge in [0.1, 0.15) is 11.3 Å². The molecule has 0 bridgehead atoms. The van der Waals surface area contributed by atoms with E-state index in [1.54, 1.807) is 6.92 Å². The number of benzene rings is 1. The number of nitrogens with zero attached hydrogens (tertiary/aromatic N) is 2. The number of anilines is 1. The zero-order valence-electron chi connectivity index (χ0n) is 10.7. The third-order valence-electron chi connectivity index (χ3n) is 2.79. The van der Waals surface area contributed by atoms with Crippen molar-refractivity contribution in [3.63, 3.8) is 0 Å². The molecule has 0 radical (unpaired) electrons. The summed E-state index contributed by atoms with van der Waals surface area (Å²) < 4.78 is 4.87. The highest BCUT2D eigenvalue weighted by Gasteiger charge is 2.14. The third kappa shape index (κ3) is 2.46. The van der Waals surface area contributed by atoms with Gasteiger partial charge in [-0.15, -0.1) is 11.3 Å². The summed E-state index contributed by atoms with van der Waals surface area (Å²) in [4.78, 5) is 16.4. The number of nitrogens with one attached hydrogen (secondary N) is 1. The first-order chi connectivity index (χ1) is 9.74. The van der Waals surface area contributed by atoms with Crippen LogP contribution in [-0.4, -0.2) is 16.0 Å². The van der Waals surface area contributed by atoms with Crippen molar-refractivity contribution in [2.45, 2.75) is 6.92 Å². The van der Waals surface area contributed by atoms with Crippen molar-refractivity contribution in [3.05, 3.63) is 53.2 Å². The summed E-state index contributed by atoms with van der Waals surface area (Å²) in [7, 11) is 0. The molecule has 0 atom stereocenters. The lowest BCUT2D eigenvalue weighted by molar-refractivity contribution is 0.102. The smallest absolute Gasteiger partial charge is 0.262 e. The molecule has 3 aromatic rings. The molecule has 1 amide bonds. The fourth-order valence-electron chi connectivity index (χ4n) is 1.75. The number of carbonyl (C=O) groups is 1. The fraction of sp³-hybridized carbons (Fsp3) is 0.0714. The van der Waals surface area contributed by atoms with Crippen LogP contribution in [0.2, 0.25) is 0 Å². The van der Waals surface area contributed by atoms with Gasteiger partial charge in [-0.3, -0.25) is 10.1 Å². The molecule has 0 saturated carbocycles. The monoisotopic (exact) mass is 285 g/mol. The van der Waals surface area contributed by atoms with Crippen molar-refractivity contribution in [1.82, 2.24) is 10.1 Å². The number of amides is 1. The molecule has 0 unspecified atom stereocenters. The second-order valence-electron chi connectivity index (χ2n) is 4.15. The molecular formula is C14H11N3O2S. The number of thiazole rings is 1. The summed E-state index contributed by atoms with van der Waals surface area (Å²) in [6.45, 7) is 1.69. The largest absolute Gasteiger partial charge is 0.361 e. The Hall–Kier alpha value is -2.47. The molecule has 0 fully saturated rings. The SMILES string of the molecule is Cc1oncc1C(=O)Nc1nc(-c2ccccc2)cs1. The molecule has 1 aromatic carbocycles. The van der Waals surface area contributed by atoms with Crippen molar-refractivity contribution < 1.29 is 9.32 Å². The predicted octanol–water partition coefficient (Wildman–Crippen LogP) is 3.36. The summed E-state index contributed by atoms with van der Waals surface area (Å²) in [5, 5.41) is 8.79. The van der Waals surface area contributed by atoms with E-state index in [2.05, 4.69) is 15.5 Å². The van der Waals surface area contributed by atoms with Crippen LogP contribution in [0.4, 0.5) is 5.13 Å². The Kier molecular flexibility index (Phi) is 3.30. The minimum atomic E-state index is -0.266. The lowest BCUT2D eigenvalue weighted by Gasteiger charge is -1.98. The van der Waals surface area contributed by atoms with Crippen molar-refractivity contribution in [3.8, 4) is 11.3 Å². The lowest BCUT2D eigenvalue weighted by Crippen LogP contribution is -2.11. The molecule has 20 heavy (non-hydrogen) atoms. The highest BCUT2D eigenvalue weighted by Crippen LogP contribution is 2.25. The first-order valence-electron chi connectivity index (χ1n) is 5.97. The van der Waals surface area contributed by atoms with Crippen LogP contribution in [0.5, 0.6) is 0 Å². The van der Waals surface area contributed by atoms with Crippen LogP contribution in [0.3, 0.4) is 0 Å². The summed E-state index contributed by atoms with van der Waals surface area (Å²) in [5.74, 6) is 0.222. The average Bonchev–Trinajstić information content (AvgIpc) is 3.09. The molecular weight excluding hydrogens is 274 g/mol. The van der Waals surface area contributed by atoms with Gasteiger partial charge in [-0.2, -0.15) is 0 Å². The second-order valence-corrected chi connectivity index (χ2v) is 5.01. The van der Waals surface area contributed by atoms with E-state index in [1.165, 1.54) is 17.5 Å². The molecule has 0 aliphatic heterocycles. The van der Waals surface area contributed by atoms with E-state index < -0.39 is 0 Å². The Morgan fingerprint density at radius 3 is 2.80 bits per heavy atom. The number of hydrogen-bond donors (Lipinski definition) is 1. The summed E-state index contributed by atoms with van der Waals surface area (Å²) in [6, 6.07) is 9.81. The third-order valence-corrected chi connectivity index (χ3v) is 3.55. The Morgan fingerprint density at radius 1 is 1.30 bits per heavy atom.